The number of hydrogen-bond donors (Lipinski definition) is 1. The Balaban J connectivity index is 1.72. The van der Waals surface area contributed by atoms with Crippen LogP contribution in [0.25, 0.3) is 0 Å². The Kier molecular flexibility index (Phi) is 3.23. The summed E-state index contributed by atoms with van der Waals surface area (Å²) in [5.41, 5.74) is 1.24. The first-order valence-electron chi connectivity index (χ1n) is 6.64. The molecule has 3 aromatic rings. The standard InChI is InChI=1S/C14H12BrN5S/c15-10-5-3-9(4-6-10)11-8-12(13-2-1-7-21-13)20-14(16-11)17-18-19-20/h1-7,11-12H,8H2,(H,16,17,19)/t11-,12+/m0/s1. The van der Waals surface area contributed by atoms with E-state index in [4.69, 9.17) is 0 Å². The molecule has 0 saturated carbocycles. The SMILES string of the molecule is Brc1ccc([C@@H]2C[C@H](c3cccs3)n3nnnc3N2)cc1. The monoisotopic (exact) mass is 361 g/mol. The van der Waals surface area contributed by atoms with Crippen molar-refractivity contribution in [2.45, 2.75) is 18.5 Å². The fourth-order valence-electron chi connectivity index (χ4n) is 2.67. The molecule has 1 aliphatic rings. The zero-order valence-electron chi connectivity index (χ0n) is 11.0. The van der Waals surface area contributed by atoms with Crippen molar-refractivity contribution in [3.63, 3.8) is 0 Å². The summed E-state index contributed by atoms with van der Waals surface area (Å²) in [6.45, 7) is 0. The number of fused-ring (bicyclic) bond motifs is 1. The molecule has 0 bridgehead atoms. The third-order valence-corrected chi connectivity index (χ3v) is 5.20. The van der Waals surface area contributed by atoms with Gasteiger partial charge < -0.3 is 5.32 Å². The van der Waals surface area contributed by atoms with Gasteiger partial charge in [0.15, 0.2) is 0 Å². The number of benzene rings is 1. The number of thiophene rings is 1. The summed E-state index contributed by atoms with van der Waals surface area (Å²) < 4.78 is 2.96. The molecule has 0 radical (unpaired) electrons. The van der Waals surface area contributed by atoms with Crippen LogP contribution in [0.1, 0.15) is 28.9 Å². The van der Waals surface area contributed by atoms with E-state index in [9.17, 15) is 0 Å². The molecule has 2 aromatic heterocycles. The smallest absolute Gasteiger partial charge is 0.244 e. The highest BCUT2D eigenvalue weighted by Gasteiger charge is 2.31. The summed E-state index contributed by atoms with van der Waals surface area (Å²) in [6, 6.07) is 13.0. The quantitative estimate of drug-likeness (QED) is 0.756. The maximum atomic E-state index is 4.13. The fraction of sp³-hybridized carbons (Fsp3) is 0.214. The molecule has 21 heavy (non-hydrogen) atoms. The third kappa shape index (κ3) is 2.36. The minimum absolute atomic E-state index is 0.185. The molecule has 1 aliphatic heterocycles. The minimum Gasteiger partial charge on any atom is -0.346 e. The molecule has 5 nitrogen and oxygen atoms in total. The van der Waals surface area contributed by atoms with Gasteiger partial charge >= 0.3 is 0 Å². The Morgan fingerprint density at radius 3 is 2.86 bits per heavy atom. The average molecular weight is 362 g/mol. The molecule has 1 N–H and O–H groups in total. The second-order valence-electron chi connectivity index (χ2n) is 4.96. The molecular weight excluding hydrogens is 350 g/mol. The van der Waals surface area contributed by atoms with Crippen molar-refractivity contribution in [2.24, 2.45) is 0 Å². The number of aromatic nitrogens is 4. The molecule has 0 amide bonds. The Morgan fingerprint density at radius 1 is 1.24 bits per heavy atom. The lowest BCUT2D eigenvalue weighted by Gasteiger charge is -2.30. The van der Waals surface area contributed by atoms with Crippen LogP contribution in [-0.2, 0) is 0 Å². The zero-order chi connectivity index (χ0) is 14.2. The minimum atomic E-state index is 0.185. The van der Waals surface area contributed by atoms with Crippen LogP contribution in [0.3, 0.4) is 0 Å². The first-order valence-corrected chi connectivity index (χ1v) is 8.32. The van der Waals surface area contributed by atoms with Crippen LogP contribution in [0.15, 0.2) is 46.3 Å². The number of halogens is 1. The van der Waals surface area contributed by atoms with Gasteiger partial charge in [-0.25, -0.2) is 4.68 Å². The van der Waals surface area contributed by atoms with Gasteiger partial charge in [-0.05, 0) is 46.0 Å². The average Bonchev–Trinajstić information content (AvgIpc) is 3.18. The van der Waals surface area contributed by atoms with Gasteiger partial charge in [0.2, 0.25) is 5.95 Å². The summed E-state index contributed by atoms with van der Waals surface area (Å²) in [5, 5.41) is 17.5. The predicted octanol–water partition coefficient (Wildman–Crippen LogP) is 3.64. The molecule has 106 valence electrons. The molecule has 0 aliphatic carbocycles. The first-order chi connectivity index (χ1) is 10.3. The van der Waals surface area contributed by atoms with E-state index in [0.717, 1.165) is 16.8 Å². The van der Waals surface area contributed by atoms with Crippen LogP contribution in [0.5, 0.6) is 0 Å². The molecule has 0 fully saturated rings. The number of nitrogens with zero attached hydrogens (tertiary/aromatic N) is 4. The highest BCUT2D eigenvalue weighted by Crippen LogP contribution is 2.38. The number of hydrogen-bond acceptors (Lipinski definition) is 5. The fourth-order valence-corrected chi connectivity index (χ4v) is 3.76. The van der Waals surface area contributed by atoms with Gasteiger partial charge in [0, 0.05) is 9.35 Å². The summed E-state index contributed by atoms with van der Waals surface area (Å²) >= 11 is 5.22. The van der Waals surface area contributed by atoms with Gasteiger partial charge in [0.25, 0.3) is 0 Å². The second kappa shape index (κ2) is 5.23. The van der Waals surface area contributed by atoms with Crippen LogP contribution >= 0.6 is 27.3 Å². The van der Waals surface area contributed by atoms with Crippen molar-refractivity contribution in [1.29, 1.82) is 0 Å². The van der Waals surface area contributed by atoms with Crippen LogP contribution in [0, 0.1) is 0 Å². The number of tetrazole rings is 1. The Hall–Kier alpha value is -1.73. The number of rotatable bonds is 2. The van der Waals surface area contributed by atoms with Crippen LogP contribution in [0.4, 0.5) is 5.95 Å². The van der Waals surface area contributed by atoms with Gasteiger partial charge in [-0.1, -0.05) is 39.2 Å². The summed E-state index contributed by atoms with van der Waals surface area (Å²) in [7, 11) is 0. The van der Waals surface area contributed by atoms with Gasteiger partial charge in [0.1, 0.15) is 0 Å². The lowest BCUT2D eigenvalue weighted by Crippen LogP contribution is -2.27. The van der Waals surface area contributed by atoms with Crippen molar-refractivity contribution in [3.05, 3.63) is 56.7 Å². The van der Waals surface area contributed by atoms with Crippen LogP contribution < -0.4 is 5.32 Å². The van der Waals surface area contributed by atoms with E-state index in [1.807, 2.05) is 4.68 Å². The van der Waals surface area contributed by atoms with Gasteiger partial charge in [-0.3, -0.25) is 0 Å². The molecule has 0 unspecified atom stereocenters. The van der Waals surface area contributed by atoms with E-state index >= 15 is 0 Å². The normalized spacial score (nSPS) is 20.8. The van der Waals surface area contributed by atoms with Crippen molar-refractivity contribution >= 4 is 33.2 Å². The molecule has 0 spiro atoms. The van der Waals surface area contributed by atoms with E-state index in [2.05, 4.69) is 78.6 Å². The lowest BCUT2D eigenvalue weighted by atomic mass is 9.97. The van der Waals surface area contributed by atoms with Crippen molar-refractivity contribution in [2.75, 3.05) is 5.32 Å². The van der Waals surface area contributed by atoms with Gasteiger partial charge in [-0.15, -0.1) is 11.3 Å². The molecule has 2 atom stereocenters. The van der Waals surface area contributed by atoms with E-state index in [1.165, 1.54) is 10.4 Å². The van der Waals surface area contributed by atoms with Crippen molar-refractivity contribution in [1.82, 2.24) is 20.2 Å². The Morgan fingerprint density at radius 2 is 2.10 bits per heavy atom. The van der Waals surface area contributed by atoms with Crippen LogP contribution in [-0.4, -0.2) is 20.2 Å². The molecular formula is C14H12BrN5S. The van der Waals surface area contributed by atoms with Crippen molar-refractivity contribution in [3.8, 4) is 0 Å². The Labute approximate surface area is 134 Å². The van der Waals surface area contributed by atoms with E-state index in [-0.39, 0.29) is 12.1 Å². The molecule has 1 aromatic carbocycles. The predicted molar refractivity (Wildman–Crippen MR) is 85.4 cm³/mol. The van der Waals surface area contributed by atoms with E-state index in [1.54, 1.807) is 11.3 Å². The summed E-state index contributed by atoms with van der Waals surface area (Å²) in [4.78, 5) is 1.28. The third-order valence-electron chi connectivity index (χ3n) is 3.69. The molecule has 4 rings (SSSR count). The zero-order valence-corrected chi connectivity index (χ0v) is 13.4. The largest absolute Gasteiger partial charge is 0.346 e. The van der Waals surface area contributed by atoms with Crippen LogP contribution in [0.2, 0.25) is 0 Å². The maximum Gasteiger partial charge on any atom is 0.244 e. The molecule has 7 heteroatoms. The highest BCUT2D eigenvalue weighted by atomic mass is 79.9. The number of anilines is 1. The first kappa shape index (κ1) is 13.0. The maximum absolute atomic E-state index is 4.13. The second-order valence-corrected chi connectivity index (χ2v) is 6.86. The summed E-state index contributed by atoms with van der Waals surface area (Å²) in [6.07, 6.45) is 0.931. The number of nitrogens with one attached hydrogen (secondary N) is 1. The summed E-state index contributed by atoms with van der Waals surface area (Å²) in [5.74, 6) is 0.729. The molecule has 0 saturated heterocycles. The Bertz CT molecular complexity index is 737. The van der Waals surface area contributed by atoms with Crippen molar-refractivity contribution < 1.29 is 0 Å². The molecule has 3 heterocycles. The topological polar surface area (TPSA) is 55.6 Å². The van der Waals surface area contributed by atoms with Gasteiger partial charge in [-0.2, -0.15) is 0 Å². The lowest BCUT2D eigenvalue weighted by molar-refractivity contribution is 0.429. The van der Waals surface area contributed by atoms with Gasteiger partial charge in [0.05, 0.1) is 12.1 Å². The van der Waals surface area contributed by atoms with E-state index in [0.29, 0.717) is 0 Å². The highest BCUT2D eigenvalue weighted by molar-refractivity contribution is 9.10. The van der Waals surface area contributed by atoms with E-state index < -0.39 is 0 Å².